The van der Waals surface area contributed by atoms with Crippen LogP contribution < -0.4 is 10.6 Å². The molecule has 0 amide bonds. The fourth-order valence-corrected chi connectivity index (χ4v) is 4.93. The molecule has 2 heterocycles. The van der Waals surface area contributed by atoms with E-state index in [2.05, 4.69) is 22.5 Å². The van der Waals surface area contributed by atoms with E-state index in [1.807, 2.05) is 0 Å². The lowest BCUT2D eigenvalue weighted by atomic mass is 9.86. The molecule has 3 aliphatic rings. The topological polar surface area (TPSA) is 58.1 Å². The van der Waals surface area contributed by atoms with Gasteiger partial charge < -0.3 is 20.1 Å². The number of guanidine groups is 1. The standard InChI is InChI=1S/C22H42N4O2/c1-2-23-22(24-11-6-9-19-7-4-3-5-8-19)25-17-21(20-10-14-28-18-20)26-12-15-27-16-13-26/h19-21H,2-18H2,1H3,(H2,23,24,25). The van der Waals surface area contributed by atoms with Crippen LogP contribution in [0.2, 0.25) is 0 Å². The maximum absolute atomic E-state index is 5.68. The van der Waals surface area contributed by atoms with E-state index < -0.39 is 0 Å². The summed E-state index contributed by atoms with van der Waals surface area (Å²) in [5.41, 5.74) is 0. The van der Waals surface area contributed by atoms with E-state index in [0.717, 1.165) is 77.4 Å². The first-order valence-corrected chi connectivity index (χ1v) is 11.8. The van der Waals surface area contributed by atoms with Gasteiger partial charge in [0.1, 0.15) is 0 Å². The van der Waals surface area contributed by atoms with Gasteiger partial charge in [-0.05, 0) is 32.1 Å². The van der Waals surface area contributed by atoms with Crippen molar-refractivity contribution >= 4 is 5.96 Å². The van der Waals surface area contributed by atoms with Crippen molar-refractivity contribution in [3.63, 3.8) is 0 Å². The Kier molecular flexibility index (Phi) is 9.88. The molecule has 2 atom stereocenters. The highest BCUT2D eigenvalue weighted by Gasteiger charge is 2.31. The van der Waals surface area contributed by atoms with Gasteiger partial charge >= 0.3 is 0 Å². The number of ether oxygens (including phenoxy) is 2. The quantitative estimate of drug-likeness (QED) is 0.358. The highest BCUT2D eigenvalue weighted by atomic mass is 16.5. The predicted molar refractivity (Wildman–Crippen MR) is 115 cm³/mol. The average Bonchev–Trinajstić information content (AvgIpc) is 3.27. The van der Waals surface area contributed by atoms with Gasteiger partial charge in [0, 0.05) is 44.7 Å². The Bertz CT molecular complexity index is 442. The van der Waals surface area contributed by atoms with Crippen LogP contribution in [-0.2, 0) is 9.47 Å². The Morgan fingerprint density at radius 1 is 1.04 bits per heavy atom. The third-order valence-electron chi connectivity index (χ3n) is 6.61. The van der Waals surface area contributed by atoms with Gasteiger partial charge in [-0.15, -0.1) is 0 Å². The van der Waals surface area contributed by atoms with Gasteiger partial charge in [0.25, 0.3) is 0 Å². The molecule has 6 heteroatoms. The number of morpholine rings is 1. The number of aliphatic imine (C=N–C) groups is 1. The Balaban J connectivity index is 1.47. The molecule has 2 unspecified atom stereocenters. The number of rotatable bonds is 9. The number of nitrogens with zero attached hydrogens (tertiary/aromatic N) is 2. The van der Waals surface area contributed by atoms with Crippen molar-refractivity contribution in [2.45, 2.75) is 64.3 Å². The molecule has 0 aromatic carbocycles. The van der Waals surface area contributed by atoms with E-state index in [9.17, 15) is 0 Å². The second-order valence-electron chi connectivity index (χ2n) is 8.63. The van der Waals surface area contributed by atoms with Crippen LogP contribution in [0.3, 0.4) is 0 Å². The molecule has 2 aliphatic heterocycles. The van der Waals surface area contributed by atoms with Crippen molar-refractivity contribution in [3.05, 3.63) is 0 Å². The van der Waals surface area contributed by atoms with Gasteiger partial charge in [-0.25, -0.2) is 0 Å². The molecule has 0 bridgehead atoms. The Labute approximate surface area is 171 Å². The average molecular weight is 395 g/mol. The van der Waals surface area contributed by atoms with Crippen molar-refractivity contribution in [1.82, 2.24) is 15.5 Å². The van der Waals surface area contributed by atoms with E-state index in [4.69, 9.17) is 14.5 Å². The lowest BCUT2D eigenvalue weighted by molar-refractivity contribution is 0.00368. The summed E-state index contributed by atoms with van der Waals surface area (Å²) in [7, 11) is 0. The fourth-order valence-electron chi connectivity index (χ4n) is 4.93. The van der Waals surface area contributed by atoms with E-state index >= 15 is 0 Å². The molecule has 28 heavy (non-hydrogen) atoms. The lowest BCUT2D eigenvalue weighted by Crippen LogP contribution is -2.49. The van der Waals surface area contributed by atoms with Crippen LogP contribution >= 0.6 is 0 Å². The van der Waals surface area contributed by atoms with E-state index in [-0.39, 0.29) is 0 Å². The molecular formula is C22H42N4O2. The molecule has 6 nitrogen and oxygen atoms in total. The summed E-state index contributed by atoms with van der Waals surface area (Å²) < 4.78 is 11.2. The van der Waals surface area contributed by atoms with Crippen LogP contribution in [0, 0.1) is 11.8 Å². The van der Waals surface area contributed by atoms with Gasteiger partial charge in [0.2, 0.25) is 0 Å². The molecule has 0 aromatic rings. The van der Waals surface area contributed by atoms with Crippen molar-refractivity contribution in [3.8, 4) is 0 Å². The van der Waals surface area contributed by atoms with Gasteiger partial charge in [-0.2, -0.15) is 0 Å². The predicted octanol–water partition coefficient (Wildman–Crippen LogP) is 2.64. The van der Waals surface area contributed by atoms with E-state index in [1.54, 1.807) is 0 Å². The highest BCUT2D eigenvalue weighted by Crippen LogP contribution is 2.27. The zero-order chi connectivity index (χ0) is 19.4. The zero-order valence-electron chi connectivity index (χ0n) is 18.0. The minimum atomic E-state index is 0.462. The minimum absolute atomic E-state index is 0.462. The second-order valence-corrected chi connectivity index (χ2v) is 8.63. The van der Waals surface area contributed by atoms with Gasteiger partial charge in [0.15, 0.2) is 5.96 Å². The SMILES string of the molecule is CCNC(=NCC(C1CCOC1)N1CCOCC1)NCCCC1CCCCC1. The summed E-state index contributed by atoms with van der Waals surface area (Å²) in [5.74, 6) is 2.53. The molecule has 0 spiro atoms. The van der Waals surface area contributed by atoms with Gasteiger partial charge in [-0.1, -0.05) is 32.1 Å². The van der Waals surface area contributed by atoms with E-state index in [0.29, 0.717) is 12.0 Å². The Morgan fingerprint density at radius 2 is 1.86 bits per heavy atom. The van der Waals surface area contributed by atoms with Crippen molar-refractivity contribution < 1.29 is 9.47 Å². The van der Waals surface area contributed by atoms with E-state index in [1.165, 1.54) is 44.9 Å². The number of hydrogen-bond acceptors (Lipinski definition) is 4. The van der Waals surface area contributed by atoms with Crippen molar-refractivity contribution in [2.75, 3.05) is 59.2 Å². The second kappa shape index (κ2) is 12.7. The maximum atomic E-state index is 5.68. The molecule has 3 fully saturated rings. The Morgan fingerprint density at radius 3 is 2.57 bits per heavy atom. The summed E-state index contributed by atoms with van der Waals surface area (Å²) in [4.78, 5) is 7.54. The number of nitrogens with one attached hydrogen (secondary N) is 2. The smallest absolute Gasteiger partial charge is 0.191 e. The van der Waals surface area contributed by atoms with Gasteiger partial charge in [0.05, 0.1) is 26.4 Å². The van der Waals surface area contributed by atoms with Crippen LogP contribution in [0.5, 0.6) is 0 Å². The van der Waals surface area contributed by atoms with Crippen LogP contribution in [0.25, 0.3) is 0 Å². The number of hydrogen-bond donors (Lipinski definition) is 2. The maximum Gasteiger partial charge on any atom is 0.191 e. The zero-order valence-corrected chi connectivity index (χ0v) is 18.0. The lowest BCUT2D eigenvalue weighted by Gasteiger charge is -2.36. The largest absolute Gasteiger partial charge is 0.381 e. The highest BCUT2D eigenvalue weighted by molar-refractivity contribution is 5.79. The molecule has 1 aliphatic carbocycles. The molecule has 2 saturated heterocycles. The molecule has 0 radical (unpaired) electrons. The third kappa shape index (κ3) is 7.20. The normalized spacial score (nSPS) is 26.3. The van der Waals surface area contributed by atoms with Crippen LogP contribution in [0.15, 0.2) is 4.99 Å². The Hall–Kier alpha value is -0.850. The van der Waals surface area contributed by atoms with Crippen LogP contribution in [0.4, 0.5) is 0 Å². The van der Waals surface area contributed by atoms with Crippen LogP contribution in [0.1, 0.15) is 58.3 Å². The third-order valence-corrected chi connectivity index (χ3v) is 6.61. The summed E-state index contributed by atoms with van der Waals surface area (Å²) in [5, 5.41) is 7.01. The molecule has 3 rings (SSSR count). The molecule has 1 saturated carbocycles. The summed E-state index contributed by atoms with van der Waals surface area (Å²) in [6.45, 7) is 10.4. The van der Waals surface area contributed by atoms with Crippen LogP contribution in [-0.4, -0.2) is 76.1 Å². The first-order chi connectivity index (χ1) is 13.9. The molecule has 0 aromatic heterocycles. The minimum Gasteiger partial charge on any atom is -0.381 e. The molecule has 2 N–H and O–H groups in total. The van der Waals surface area contributed by atoms with Gasteiger partial charge in [-0.3, -0.25) is 9.89 Å². The fraction of sp³-hybridized carbons (Fsp3) is 0.955. The first kappa shape index (κ1) is 21.8. The summed E-state index contributed by atoms with van der Waals surface area (Å²) >= 11 is 0. The summed E-state index contributed by atoms with van der Waals surface area (Å²) in [6, 6.07) is 0.462. The summed E-state index contributed by atoms with van der Waals surface area (Å²) in [6.07, 6.45) is 11.0. The van der Waals surface area contributed by atoms with Crippen molar-refractivity contribution in [1.29, 1.82) is 0 Å². The molecule has 162 valence electrons. The monoisotopic (exact) mass is 394 g/mol. The van der Waals surface area contributed by atoms with Crippen molar-refractivity contribution in [2.24, 2.45) is 16.8 Å². The first-order valence-electron chi connectivity index (χ1n) is 11.8. The molecular weight excluding hydrogens is 352 g/mol.